The summed E-state index contributed by atoms with van der Waals surface area (Å²) >= 11 is 3.37. The average molecular weight is 316 g/mol. The van der Waals surface area contributed by atoms with Gasteiger partial charge in [-0.05, 0) is 40.5 Å². The van der Waals surface area contributed by atoms with Gasteiger partial charge in [0.05, 0.1) is 24.4 Å². The van der Waals surface area contributed by atoms with E-state index >= 15 is 0 Å². The fourth-order valence-electron chi connectivity index (χ4n) is 1.29. The molecule has 1 aromatic carbocycles. The molecule has 1 rings (SSSR count). The van der Waals surface area contributed by atoms with Gasteiger partial charge >= 0.3 is 6.03 Å². The molecule has 0 bridgehead atoms. The van der Waals surface area contributed by atoms with Crippen LogP contribution in [-0.4, -0.2) is 26.0 Å². The van der Waals surface area contributed by atoms with Crippen LogP contribution in [0.1, 0.15) is 12.5 Å². The van der Waals surface area contributed by atoms with E-state index in [0.717, 1.165) is 10.0 Å². The molecule has 0 aliphatic rings. The molecule has 0 aromatic heterocycles. The van der Waals surface area contributed by atoms with E-state index in [2.05, 4.69) is 26.5 Å². The number of nitrogens with two attached hydrogens (primary N) is 1. The molecule has 1 aromatic rings. The quantitative estimate of drug-likeness (QED) is 0.642. The van der Waals surface area contributed by atoms with E-state index in [-0.39, 0.29) is 0 Å². The molecule has 18 heavy (non-hydrogen) atoms. The van der Waals surface area contributed by atoms with Crippen LogP contribution in [0.4, 0.5) is 4.79 Å². The Hall–Kier alpha value is -1.76. The summed E-state index contributed by atoms with van der Waals surface area (Å²) in [6, 6.07) is 2.82. The lowest BCUT2D eigenvalue weighted by atomic mass is 10.2. The summed E-state index contributed by atoms with van der Waals surface area (Å²) in [4.78, 5) is 10.5. The van der Waals surface area contributed by atoms with Crippen LogP contribution in [0.3, 0.4) is 0 Å². The fourth-order valence-corrected chi connectivity index (χ4v) is 1.92. The highest BCUT2D eigenvalue weighted by molar-refractivity contribution is 9.10. The van der Waals surface area contributed by atoms with Crippen molar-refractivity contribution in [3.05, 3.63) is 22.2 Å². The summed E-state index contributed by atoms with van der Waals surface area (Å²) in [5, 5.41) is 3.67. The van der Waals surface area contributed by atoms with Gasteiger partial charge in [0.15, 0.2) is 11.5 Å². The molecule has 0 heterocycles. The molecule has 0 saturated carbocycles. The lowest BCUT2D eigenvalue weighted by Crippen LogP contribution is -2.24. The first-order valence-corrected chi connectivity index (χ1v) is 5.96. The summed E-state index contributed by atoms with van der Waals surface area (Å²) in [7, 11) is 1.56. The largest absolute Gasteiger partial charge is 0.492 e. The molecule has 2 amide bonds. The molecule has 6 nitrogen and oxygen atoms in total. The SMILES string of the molecule is CCOc1cc(/C=N\NC(N)=O)cc(Br)c1OC. The van der Waals surface area contributed by atoms with Crippen LogP contribution in [0.25, 0.3) is 0 Å². The molecule has 0 radical (unpaired) electrons. The van der Waals surface area contributed by atoms with E-state index < -0.39 is 6.03 Å². The minimum absolute atomic E-state index is 0.517. The molecule has 0 saturated heterocycles. The van der Waals surface area contributed by atoms with Gasteiger partial charge in [-0.3, -0.25) is 0 Å². The number of halogens is 1. The van der Waals surface area contributed by atoms with Crippen molar-refractivity contribution in [3.63, 3.8) is 0 Å². The second-order valence-electron chi connectivity index (χ2n) is 3.20. The third-order valence-corrected chi connectivity index (χ3v) is 2.51. The monoisotopic (exact) mass is 315 g/mol. The normalized spacial score (nSPS) is 10.4. The van der Waals surface area contributed by atoms with E-state index in [0.29, 0.717) is 18.1 Å². The zero-order valence-corrected chi connectivity index (χ0v) is 11.7. The fraction of sp³-hybridized carbons (Fsp3) is 0.273. The van der Waals surface area contributed by atoms with Crippen LogP contribution in [0, 0.1) is 0 Å². The molecule has 3 N–H and O–H groups in total. The molecular weight excluding hydrogens is 302 g/mol. The maximum atomic E-state index is 10.5. The molecule has 0 unspecified atom stereocenters. The van der Waals surface area contributed by atoms with Crippen molar-refractivity contribution in [1.82, 2.24) is 5.43 Å². The smallest absolute Gasteiger partial charge is 0.332 e. The molecule has 0 aliphatic heterocycles. The minimum atomic E-state index is -0.719. The number of rotatable bonds is 5. The number of carbonyl (C=O) groups is 1. The van der Waals surface area contributed by atoms with Gasteiger partial charge in [-0.25, -0.2) is 10.2 Å². The summed E-state index contributed by atoms with van der Waals surface area (Å²) < 4.78 is 11.4. The van der Waals surface area contributed by atoms with Crippen molar-refractivity contribution in [1.29, 1.82) is 0 Å². The number of methoxy groups -OCH3 is 1. The number of hydrogen-bond donors (Lipinski definition) is 2. The van der Waals surface area contributed by atoms with Crippen LogP contribution in [-0.2, 0) is 0 Å². The lowest BCUT2D eigenvalue weighted by Gasteiger charge is -2.11. The van der Waals surface area contributed by atoms with Gasteiger partial charge in [0, 0.05) is 0 Å². The first-order chi connectivity index (χ1) is 8.58. The van der Waals surface area contributed by atoms with E-state index in [4.69, 9.17) is 15.2 Å². The summed E-state index contributed by atoms with van der Waals surface area (Å²) in [5.74, 6) is 1.20. The van der Waals surface area contributed by atoms with Gasteiger partial charge in [-0.2, -0.15) is 5.10 Å². The highest BCUT2D eigenvalue weighted by atomic mass is 79.9. The number of hydrogen-bond acceptors (Lipinski definition) is 4. The average Bonchev–Trinajstić information content (AvgIpc) is 2.28. The highest BCUT2D eigenvalue weighted by Gasteiger charge is 2.10. The Kier molecular flexibility index (Phi) is 5.44. The van der Waals surface area contributed by atoms with Crippen LogP contribution < -0.4 is 20.6 Å². The molecular formula is C11H14BrN3O3. The Labute approximate surface area is 113 Å². The second-order valence-corrected chi connectivity index (χ2v) is 4.06. The van der Waals surface area contributed by atoms with Crippen LogP contribution >= 0.6 is 15.9 Å². The minimum Gasteiger partial charge on any atom is -0.492 e. The predicted octanol–water partition coefficient (Wildman–Crippen LogP) is 1.86. The van der Waals surface area contributed by atoms with Gasteiger partial charge in [-0.15, -0.1) is 0 Å². The van der Waals surface area contributed by atoms with Gasteiger partial charge in [0.2, 0.25) is 0 Å². The maximum absolute atomic E-state index is 10.5. The number of ether oxygens (including phenoxy) is 2. The van der Waals surface area contributed by atoms with Crippen molar-refractivity contribution in [2.45, 2.75) is 6.92 Å². The molecule has 0 spiro atoms. The third-order valence-electron chi connectivity index (χ3n) is 1.92. The van der Waals surface area contributed by atoms with Crippen molar-refractivity contribution in [2.75, 3.05) is 13.7 Å². The number of amides is 2. The third kappa shape index (κ3) is 3.92. The van der Waals surface area contributed by atoms with Gasteiger partial charge in [0.25, 0.3) is 0 Å². The number of urea groups is 1. The highest BCUT2D eigenvalue weighted by Crippen LogP contribution is 2.36. The van der Waals surface area contributed by atoms with Crippen LogP contribution in [0.5, 0.6) is 11.5 Å². The number of nitrogens with zero attached hydrogens (tertiary/aromatic N) is 1. The topological polar surface area (TPSA) is 85.9 Å². The molecule has 0 atom stereocenters. The van der Waals surface area contributed by atoms with E-state index in [9.17, 15) is 4.79 Å². The number of carbonyl (C=O) groups excluding carboxylic acids is 1. The van der Waals surface area contributed by atoms with Crippen LogP contribution in [0.15, 0.2) is 21.7 Å². The zero-order chi connectivity index (χ0) is 13.5. The van der Waals surface area contributed by atoms with Gasteiger partial charge in [-0.1, -0.05) is 0 Å². The van der Waals surface area contributed by atoms with Gasteiger partial charge in [0.1, 0.15) is 0 Å². The summed E-state index contributed by atoms with van der Waals surface area (Å²) in [6.45, 7) is 2.39. The summed E-state index contributed by atoms with van der Waals surface area (Å²) in [5.41, 5.74) is 7.74. The van der Waals surface area contributed by atoms with E-state index in [1.807, 2.05) is 6.92 Å². The Bertz CT molecular complexity index is 463. The standard InChI is InChI=1S/C11H14BrN3O3/c1-3-18-9-5-7(6-14-15-11(13)16)4-8(12)10(9)17-2/h4-6H,3H2,1-2H3,(H3,13,15,16)/b14-6-. The molecule has 0 aliphatic carbocycles. The van der Waals surface area contributed by atoms with Crippen molar-refractivity contribution < 1.29 is 14.3 Å². The summed E-state index contributed by atoms with van der Waals surface area (Å²) in [6.07, 6.45) is 1.46. The van der Waals surface area contributed by atoms with Crippen LogP contribution in [0.2, 0.25) is 0 Å². The molecule has 7 heteroatoms. The Morgan fingerprint density at radius 3 is 2.89 bits per heavy atom. The first-order valence-electron chi connectivity index (χ1n) is 5.17. The number of benzene rings is 1. The van der Waals surface area contributed by atoms with Gasteiger partial charge < -0.3 is 15.2 Å². The number of hydrazone groups is 1. The van der Waals surface area contributed by atoms with E-state index in [1.54, 1.807) is 19.2 Å². The van der Waals surface area contributed by atoms with Crippen molar-refractivity contribution in [2.24, 2.45) is 10.8 Å². The Balaban J connectivity index is 3.00. The molecule has 98 valence electrons. The second kappa shape index (κ2) is 6.85. The maximum Gasteiger partial charge on any atom is 0.332 e. The lowest BCUT2D eigenvalue weighted by molar-refractivity contribution is 0.249. The number of nitrogens with one attached hydrogen (secondary N) is 1. The van der Waals surface area contributed by atoms with Crippen molar-refractivity contribution >= 4 is 28.2 Å². The molecule has 0 fully saturated rings. The zero-order valence-electron chi connectivity index (χ0n) is 10.1. The van der Waals surface area contributed by atoms with E-state index in [1.165, 1.54) is 6.21 Å². The van der Waals surface area contributed by atoms with Crippen molar-refractivity contribution in [3.8, 4) is 11.5 Å². The number of primary amides is 1. The Morgan fingerprint density at radius 2 is 2.33 bits per heavy atom. The first kappa shape index (κ1) is 14.3. The Morgan fingerprint density at radius 1 is 1.61 bits per heavy atom. The predicted molar refractivity (Wildman–Crippen MR) is 72.2 cm³/mol.